The average Bonchev–Trinajstić information content (AvgIpc) is 3.42. The summed E-state index contributed by atoms with van der Waals surface area (Å²) in [7, 11) is 2.08. The van der Waals surface area contributed by atoms with Crippen molar-refractivity contribution < 1.29 is 0 Å². The summed E-state index contributed by atoms with van der Waals surface area (Å²) in [5, 5.41) is 5.98. The highest BCUT2D eigenvalue weighted by Gasteiger charge is 2.25. The lowest BCUT2D eigenvalue weighted by atomic mass is 10.0. The second-order valence-corrected chi connectivity index (χ2v) is 8.38. The summed E-state index contributed by atoms with van der Waals surface area (Å²) in [6, 6.07) is 21.9. The summed E-state index contributed by atoms with van der Waals surface area (Å²) in [4.78, 5) is 10.0. The third-order valence-electron chi connectivity index (χ3n) is 6.49. The molecule has 0 spiro atoms. The van der Waals surface area contributed by atoms with Gasteiger partial charge in [-0.3, -0.25) is 0 Å². The van der Waals surface area contributed by atoms with Gasteiger partial charge in [0, 0.05) is 31.0 Å². The van der Waals surface area contributed by atoms with E-state index in [-0.39, 0.29) is 0 Å². The summed E-state index contributed by atoms with van der Waals surface area (Å²) in [5.41, 5.74) is 5.40. The van der Waals surface area contributed by atoms with Crippen LogP contribution in [0.15, 0.2) is 73.1 Å². The number of hydrogen-bond acceptors (Lipinski definition) is 3. The highest BCUT2D eigenvalue weighted by Crippen LogP contribution is 2.36. The third-order valence-corrected chi connectivity index (χ3v) is 6.49. The van der Waals surface area contributed by atoms with Gasteiger partial charge in [-0.2, -0.15) is 0 Å². The van der Waals surface area contributed by atoms with E-state index in [1.54, 1.807) is 0 Å². The first-order chi connectivity index (χ1) is 15.3. The van der Waals surface area contributed by atoms with E-state index in [0.717, 1.165) is 54.2 Å². The van der Waals surface area contributed by atoms with Crippen LogP contribution in [0.5, 0.6) is 0 Å². The first-order valence-electron chi connectivity index (χ1n) is 11.0. The molecule has 1 saturated heterocycles. The number of nitrogens with zero attached hydrogens (tertiary/aromatic N) is 4. The van der Waals surface area contributed by atoms with Crippen LogP contribution in [-0.4, -0.2) is 32.2 Å². The normalized spacial score (nSPS) is 15.1. The number of piperidine rings is 1. The molecule has 31 heavy (non-hydrogen) atoms. The van der Waals surface area contributed by atoms with Gasteiger partial charge in [-0.25, -0.2) is 9.97 Å². The molecule has 1 fully saturated rings. The lowest BCUT2D eigenvalue weighted by Gasteiger charge is -2.26. The second-order valence-electron chi connectivity index (χ2n) is 8.38. The molecule has 3 aromatic heterocycles. The van der Waals surface area contributed by atoms with Crippen molar-refractivity contribution in [2.45, 2.75) is 18.9 Å². The molecule has 1 aliphatic rings. The van der Waals surface area contributed by atoms with Crippen molar-refractivity contribution >= 4 is 21.9 Å². The molecule has 0 unspecified atom stereocenters. The Bertz CT molecular complexity index is 1390. The Morgan fingerprint density at radius 1 is 0.935 bits per heavy atom. The van der Waals surface area contributed by atoms with E-state index < -0.39 is 0 Å². The Labute approximate surface area is 181 Å². The second kappa shape index (κ2) is 7.36. The monoisotopic (exact) mass is 407 g/mol. The maximum atomic E-state index is 5.21. The van der Waals surface area contributed by atoms with E-state index in [0.29, 0.717) is 6.04 Å². The zero-order valence-corrected chi connectivity index (χ0v) is 17.6. The van der Waals surface area contributed by atoms with E-state index in [1.165, 1.54) is 16.3 Å². The maximum absolute atomic E-state index is 5.21. The van der Waals surface area contributed by atoms with Crippen LogP contribution in [0, 0.1) is 0 Å². The number of aryl methyl sites for hydroxylation is 1. The molecule has 0 atom stereocenters. The molecule has 0 bridgehead atoms. The number of rotatable bonds is 3. The molecular weight excluding hydrogens is 382 g/mol. The Balaban J connectivity index is 1.60. The fourth-order valence-electron chi connectivity index (χ4n) is 4.86. The topological polar surface area (TPSA) is 47.7 Å². The Morgan fingerprint density at radius 3 is 2.58 bits per heavy atom. The van der Waals surface area contributed by atoms with Gasteiger partial charge in [0.25, 0.3) is 0 Å². The van der Waals surface area contributed by atoms with Crippen molar-refractivity contribution in [2.24, 2.45) is 7.05 Å². The smallest absolute Gasteiger partial charge is 0.161 e. The molecule has 0 aliphatic carbocycles. The molecule has 5 aromatic rings. The predicted molar refractivity (Wildman–Crippen MR) is 126 cm³/mol. The van der Waals surface area contributed by atoms with Gasteiger partial charge < -0.3 is 14.5 Å². The van der Waals surface area contributed by atoms with Crippen molar-refractivity contribution in [3.8, 4) is 22.6 Å². The Morgan fingerprint density at radius 2 is 1.77 bits per heavy atom. The van der Waals surface area contributed by atoms with Crippen LogP contribution in [0.25, 0.3) is 44.6 Å². The van der Waals surface area contributed by atoms with Gasteiger partial charge in [0.2, 0.25) is 0 Å². The minimum atomic E-state index is 0.399. The number of benzene rings is 2. The molecule has 0 amide bonds. The lowest BCUT2D eigenvalue weighted by Crippen LogP contribution is -2.29. The summed E-state index contributed by atoms with van der Waals surface area (Å²) in [5.74, 6) is 1.01. The SMILES string of the molecule is Cn1cccc1-c1nc2c(-c3ccc4ccccc4c3)ccnc2n1C1CCNCC1. The first-order valence-corrected chi connectivity index (χ1v) is 11.0. The first kappa shape index (κ1) is 18.3. The number of imidazole rings is 1. The molecule has 154 valence electrons. The molecule has 0 saturated carbocycles. The molecule has 5 nitrogen and oxygen atoms in total. The Kier molecular flexibility index (Phi) is 4.35. The number of pyridine rings is 1. The standard InChI is InChI=1S/C26H25N5/c1-30-16-4-7-23(30)25-29-24-22(20-9-8-18-5-2-3-6-19(18)17-20)12-15-28-26(24)31(25)21-10-13-27-14-11-21/h2-9,12,15-17,21,27H,10-11,13-14H2,1H3. The van der Waals surface area contributed by atoms with Crippen LogP contribution in [0.4, 0.5) is 0 Å². The highest BCUT2D eigenvalue weighted by molar-refractivity contribution is 5.95. The maximum Gasteiger partial charge on any atom is 0.161 e. The summed E-state index contributed by atoms with van der Waals surface area (Å²) >= 11 is 0. The molecule has 5 heteroatoms. The fourth-order valence-corrected chi connectivity index (χ4v) is 4.86. The predicted octanol–water partition coefficient (Wildman–Crippen LogP) is 5.18. The molecule has 4 heterocycles. The number of hydrogen-bond donors (Lipinski definition) is 1. The summed E-state index contributed by atoms with van der Waals surface area (Å²) in [6.45, 7) is 2.06. The molecule has 2 aromatic carbocycles. The highest BCUT2D eigenvalue weighted by atomic mass is 15.2. The largest absolute Gasteiger partial charge is 0.348 e. The van der Waals surface area contributed by atoms with E-state index in [2.05, 4.69) is 88.4 Å². The van der Waals surface area contributed by atoms with Crippen LogP contribution in [0.3, 0.4) is 0 Å². The average molecular weight is 408 g/mol. The zero-order valence-electron chi connectivity index (χ0n) is 17.6. The minimum absolute atomic E-state index is 0.399. The summed E-state index contributed by atoms with van der Waals surface area (Å²) < 4.78 is 4.53. The lowest BCUT2D eigenvalue weighted by molar-refractivity contribution is 0.375. The van der Waals surface area contributed by atoms with E-state index in [1.807, 2.05) is 6.20 Å². The van der Waals surface area contributed by atoms with Gasteiger partial charge in [0.05, 0.1) is 5.69 Å². The zero-order chi connectivity index (χ0) is 20.8. The Hall–Kier alpha value is -3.44. The van der Waals surface area contributed by atoms with Crippen LogP contribution >= 0.6 is 0 Å². The van der Waals surface area contributed by atoms with Crippen LogP contribution in [0.1, 0.15) is 18.9 Å². The van der Waals surface area contributed by atoms with E-state index in [4.69, 9.17) is 9.97 Å². The number of fused-ring (bicyclic) bond motifs is 2. The van der Waals surface area contributed by atoms with Gasteiger partial charge in [0.1, 0.15) is 5.52 Å². The fraction of sp³-hybridized carbons (Fsp3) is 0.231. The van der Waals surface area contributed by atoms with Crippen molar-refractivity contribution in [1.29, 1.82) is 0 Å². The van der Waals surface area contributed by atoms with Crippen molar-refractivity contribution in [2.75, 3.05) is 13.1 Å². The molecule has 6 rings (SSSR count). The minimum Gasteiger partial charge on any atom is -0.348 e. The molecule has 0 radical (unpaired) electrons. The van der Waals surface area contributed by atoms with Crippen LogP contribution in [-0.2, 0) is 7.05 Å². The molecule has 1 N–H and O–H groups in total. The van der Waals surface area contributed by atoms with Crippen LogP contribution in [0.2, 0.25) is 0 Å². The van der Waals surface area contributed by atoms with Crippen molar-refractivity contribution in [3.63, 3.8) is 0 Å². The van der Waals surface area contributed by atoms with E-state index >= 15 is 0 Å². The number of nitrogens with one attached hydrogen (secondary N) is 1. The third kappa shape index (κ3) is 3.04. The molecular formula is C26H25N5. The quantitative estimate of drug-likeness (QED) is 0.448. The van der Waals surface area contributed by atoms with Crippen molar-refractivity contribution in [3.05, 3.63) is 73.1 Å². The van der Waals surface area contributed by atoms with Gasteiger partial charge >= 0.3 is 0 Å². The van der Waals surface area contributed by atoms with Gasteiger partial charge in [-0.15, -0.1) is 0 Å². The molecule has 1 aliphatic heterocycles. The van der Waals surface area contributed by atoms with Gasteiger partial charge in [-0.05, 0) is 66.5 Å². The van der Waals surface area contributed by atoms with Crippen LogP contribution < -0.4 is 5.32 Å². The number of aromatic nitrogens is 4. The summed E-state index contributed by atoms with van der Waals surface area (Å²) in [6.07, 6.45) is 6.19. The van der Waals surface area contributed by atoms with E-state index in [9.17, 15) is 0 Å². The van der Waals surface area contributed by atoms with Crippen molar-refractivity contribution in [1.82, 2.24) is 24.4 Å². The van der Waals surface area contributed by atoms with Gasteiger partial charge in [0.15, 0.2) is 11.5 Å². The van der Waals surface area contributed by atoms with Gasteiger partial charge in [-0.1, -0.05) is 36.4 Å².